The minimum atomic E-state index is -1.09. The Bertz CT molecular complexity index is 571. The van der Waals surface area contributed by atoms with E-state index in [0.717, 1.165) is 5.69 Å². The van der Waals surface area contributed by atoms with Gasteiger partial charge in [0.25, 0.3) is 5.91 Å². The molecule has 1 aliphatic rings. The maximum Gasteiger partial charge on any atom is 0.260 e. The van der Waals surface area contributed by atoms with Crippen LogP contribution in [-0.2, 0) is 9.59 Å². The number of aliphatic hydroxyl groups excluding tert-OH is 1. The highest BCUT2D eigenvalue weighted by molar-refractivity contribution is 6.04. The smallest absolute Gasteiger partial charge is 0.260 e. The standard InChI is InChI=1S/C15H21N3O3/c1-9(2)16-13(19)8-17(3)10-5-6-11-12(7-10)18(4)15(21)14(11)20/h5-7,9,14,20H,8H2,1-4H3,(H,16,19). The van der Waals surface area contributed by atoms with Crippen molar-refractivity contribution in [1.29, 1.82) is 0 Å². The highest BCUT2D eigenvalue weighted by Crippen LogP contribution is 2.37. The second-order valence-corrected chi connectivity index (χ2v) is 5.62. The molecular formula is C15H21N3O3. The lowest BCUT2D eigenvalue weighted by atomic mass is 10.1. The van der Waals surface area contributed by atoms with Crippen LogP contribution in [0.2, 0.25) is 0 Å². The minimum absolute atomic E-state index is 0.0579. The molecule has 0 radical (unpaired) electrons. The number of likely N-dealkylation sites (N-methyl/N-ethyl adjacent to an activating group) is 2. The summed E-state index contributed by atoms with van der Waals surface area (Å²) in [5, 5.41) is 12.7. The van der Waals surface area contributed by atoms with Crippen molar-refractivity contribution < 1.29 is 14.7 Å². The first-order chi connectivity index (χ1) is 9.81. The van der Waals surface area contributed by atoms with Crippen LogP contribution in [0.1, 0.15) is 25.5 Å². The molecule has 2 rings (SSSR count). The van der Waals surface area contributed by atoms with E-state index in [1.807, 2.05) is 27.0 Å². The van der Waals surface area contributed by atoms with Crippen LogP contribution in [0.4, 0.5) is 11.4 Å². The average Bonchev–Trinajstić information content (AvgIpc) is 2.62. The largest absolute Gasteiger partial charge is 0.378 e. The third kappa shape index (κ3) is 3.00. The summed E-state index contributed by atoms with van der Waals surface area (Å²) in [6.07, 6.45) is -1.09. The molecule has 1 heterocycles. The Balaban J connectivity index is 2.16. The van der Waals surface area contributed by atoms with Gasteiger partial charge in [-0.2, -0.15) is 0 Å². The molecule has 1 atom stereocenters. The number of anilines is 2. The second-order valence-electron chi connectivity index (χ2n) is 5.62. The molecule has 0 fully saturated rings. The SMILES string of the molecule is CC(C)NC(=O)CN(C)c1ccc2c(c1)N(C)C(=O)C2O. The fourth-order valence-electron chi connectivity index (χ4n) is 2.40. The summed E-state index contributed by atoms with van der Waals surface area (Å²) in [4.78, 5) is 26.8. The fraction of sp³-hybridized carbons (Fsp3) is 0.467. The van der Waals surface area contributed by atoms with Gasteiger partial charge in [-0.15, -0.1) is 0 Å². The second kappa shape index (κ2) is 5.73. The maximum absolute atomic E-state index is 11.8. The van der Waals surface area contributed by atoms with Crippen molar-refractivity contribution in [2.24, 2.45) is 0 Å². The van der Waals surface area contributed by atoms with Gasteiger partial charge >= 0.3 is 0 Å². The molecule has 1 aromatic rings. The molecule has 1 aliphatic heterocycles. The first-order valence-corrected chi connectivity index (χ1v) is 6.91. The first kappa shape index (κ1) is 15.3. The van der Waals surface area contributed by atoms with Gasteiger partial charge in [0.05, 0.1) is 12.2 Å². The zero-order chi connectivity index (χ0) is 15.7. The Kier molecular flexibility index (Phi) is 4.18. The lowest BCUT2D eigenvalue weighted by molar-refractivity contribution is -0.125. The molecule has 114 valence electrons. The molecule has 2 amide bonds. The van der Waals surface area contributed by atoms with Crippen molar-refractivity contribution in [1.82, 2.24) is 5.32 Å². The third-order valence-electron chi connectivity index (χ3n) is 3.51. The number of benzene rings is 1. The van der Waals surface area contributed by atoms with E-state index in [-0.39, 0.29) is 24.4 Å². The molecule has 0 saturated heterocycles. The molecule has 1 aromatic carbocycles. The van der Waals surface area contributed by atoms with Crippen LogP contribution in [0, 0.1) is 0 Å². The summed E-state index contributed by atoms with van der Waals surface area (Å²) in [5.41, 5.74) is 2.11. The number of nitrogens with one attached hydrogen (secondary N) is 1. The van der Waals surface area contributed by atoms with Gasteiger partial charge in [-0.1, -0.05) is 6.07 Å². The Hall–Kier alpha value is -2.08. The zero-order valence-corrected chi connectivity index (χ0v) is 12.8. The molecule has 0 aliphatic carbocycles. The summed E-state index contributed by atoms with van der Waals surface area (Å²) in [5.74, 6) is -0.389. The van der Waals surface area contributed by atoms with E-state index in [1.165, 1.54) is 4.90 Å². The number of nitrogens with zero attached hydrogens (tertiary/aromatic N) is 2. The average molecular weight is 291 g/mol. The predicted molar refractivity (Wildman–Crippen MR) is 81.4 cm³/mol. The number of aliphatic hydroxyl groups is 1. The Morgan fingerprint density at radius 1 is 1.48 bits per heavy atom. The van der Waals surface area contributed by atoms with Gasteiger partial charge in [0, 0.05) is 31.4 Å². The van der Waals surface area contributed by atoms with E-state index in [1.54, 1.807) is 24.1 Å². The molecule has 6 nitrogen and oxygen atoms in total. The van der Waals surface area contributed by atoms with E-state index in [4.69, 9.17) is 0 Å². The molecule has 0 aromatic heterocycles. The van der Waals surface area contributed by atoms with E-state index in [2.05, 4.69) is 5.32 Å². The van der Waals surface area contributed by atoms with Gasteiger partial charge in [0.1, 0.15) is 0 Å². The fourth-order valence-corrected chi connectivity index (χ4v) is 2.40. The molecule has 2 N–H and O–H groups in total. The number of carbonyl (C=O) groups excluding carboxylic acids is 2. The summed E-state index contributed by atoms with van der Waals surface area (Å²) in [6.45, 7) is 4.06. The van der Waals surface area contributed by atoms with Crippen molar-refractivity contribution in [3.05, 3.63) is 23.8 Å². The zero-order valence-electron chi connectivity index (χ0n) is 12.8. The topological polar surface area (TPSA) is 72.9 Å². The molecule has 1 unspecified atom stereocenters. The van der Waals surface area contributed by atoms with E-state index >= 15 is 0 Å². The lowest BCUT2D eigenvalue weighted by Gasteiger charge is -2.21. The monoisotopic (exact) mass is 291 g/mol. The van der Waals surface area contributed by atoms with E-state index < -0.39 is 6.10 Å². The summed E-state index contributed by atoms with van der Waals surface area (Å²) in [7, 11) is 3.45. The Morgan fingerprint density at radius 3 is 2.76 bits per heavy atom. The Morgan fingerprint density at radius 2 is 2.14 bits per heavy atom. The molecule has 0 spiro atoms. The molecular weight excluding hydrogens is 270 g/mol. The molecule has 21 heavy (non-hydrogen) atoms. The number of hydrogen-bond acceptors (Lipinski definition) is 4. The first-order valence-electron chi connectivity index (χ1n) is 6.91. The van der Waals surface area contributed by atoms with Crippen molar-refractivity contribution >= 4 is 23.2 Å². The third-order valence-corrected chi connectivity index (χ3v) is 3.51. The number of amides is 2. The van der Waals surface area contributed by atoms with Crippen LogP contribution < -0.4 is 15.1 Å². The van der Waals surface area contributed by atoms with Crippen LogP contribution in [0.15, 0.2) is 18.2 Å². The van der Waals surface area contributed by atoms with Crippen molar-refractivity contribution in [2.45, 2.75) is 26.0 Å². The van der Waals surface area contributed by atoms with Gasteiger partial charge in [-0.05, 0) is 26.0 Å². The minimum Gasteiger partial charge on any atom is -0.378 e. The molecule has 0 saturated carbocycles. The quantitative estimate of drug-likeness (QED) is 0.854. The predicted octanol–water partition coefficient (Wildman–Crippen LogP) is 0.657. The highest BCUT2D eigenvalue weighted by Gasteiger charge is 2.33. The van der Waals surface area contributed by atoms with Gasteiger partial charge in [-0.25, -0.2) is 0 Å². The Labute approximate surface area is 124 Å². The van der Waals surface area contributed by atoms with Crippen molar-refractivity contribution in [3.8, 4) is 0 Å². The van der Waals surface area contributed by atoms with Gasteiger partial charge in [0.2, 0.25) is 5.91 Å². The lowest BCUT2D eigenvalue weighted by Crippen LogP contribution is -2.38. The van der Waals surface area contributed by atoms with Crippen LogP contribution in [0.3, 0.4) is 0 Å². The van der Waals surface area contributed by atoms with Crippen LogP contribution in [-0.4, -0.2) is 43.6 Å². The number of rotatable bonds is 4. The number of hydrogen-bond donors (Lipinski definition) is 2. The van der Waals surface area contributed by atoms with Gasteiger partial charge < -0.3 is 20.2 Å². The van der Waals surface area contributed by atoms with Crippen molar-refractivity contribution in [2.75, 3.05) is 30.4 Å². The van der Waals surface area contributed by atoms with Crippen LogP contribution in [0.5, 0.6) is 0 Å². The highest BCUT2D eigenvalue weighted by atomic mass is 16.3. The van der Waals surface area contributed by atoms with Gasteiger partial charge in [-0.3, -0.25) is 9.59 Å². The number of fused-ring (bicyclic) bond motifs is 1. The summed E-state index contributed by atoms with van der Waals surface area (Å²) in [6, 6.07) is 5.45. The normalized spacial score (nSPS) is 17.1. The van der Waals surface area contributed by atoms with Gasteiger partial charge in [0.15, 0.2) is 6.10 Å². The van der Waals surface area contributed by atoms with Crippen LogP contribution in [0.25, 0.3) is 0 Å². The number of carbonyl (C=O) groups is 2. The maximum atomic E-state index is 11.8. The molecule has 6 heteroatoms. The van der Waals surface area contributed by atoms with Crippen molar-refractivity contribution in [3.63, 3.8) is 0 Å². The van der Waals surface area contributed by atoms with Crippen LogP contribution >= 0.6 is 0 Å². The summed E-state index contributed by atoms with van der Waals surface area (Å²) < 4.78 is 0. The van der Waals surface area contributed by atoms with E-state index in [9.17, 15) is 14.7 Å². The van der Waals surface area contributed by atoms with E-state index in [0.29, 0.717) is 11.3 Å². The molecule has 0 bridgehead atoms. The summed E-state index contributed by atoms with van der Waals surface area (Å²) >= 11 is 0.